The van der Waals surface area contributed by atoms with Crippen LogP contribution in [0.15, 0.2) is 14.7 Å². The topological polar surface area (TPSA) is 69.4 Å². The van der Waals surface area contributed by atoms with Gasteiger partial charge in [0.25, 0.3) is 0 Å². The molecule has 3 aliphatic rings. The molecule has 0 spiro atoms. The van der Waals surface area contributed by atoms with Gasteiger partial charge in [0.05, 0.1) is 25.9 Å². The summed E-state index contributed by atoms with van der Waals surface area (Å²) in [4.78, 5) is 27.0. The van der Waals surface area contributed by atoms with Crippen LogP contribution in [0.2, 0.25) is 0 Å². The van der Waals surface area contributed by atoms with Crippen molar-refractivity contribution in [3.05, 3.63) is 20.7 Å². The zero-order valence-electron chi connectivity index (χ0n) is 12.4. The SMILES string of the molecule is O=c1c(=O)n2c(nn1CN1CCOCC1)SC1CCCCC12. The summed E-state index contributed by atoms with van der Waals surface area (Å²) < 4.78 is 8.31. The lowest BCUT2D eigenvalue weighted by molar-refractivity contribution is 0.0196. The van der Waals surface area contributed by atoms with Gasteiger partial charge in [0.2, 0.25) is 0 Å². The van der Waals surface area contributed by atoms with Gasteiger partial charge < -0.3 is 4.74 Å². The van der Waals surface area contributed by atoms with Crippen LogP contribution in [0.3, 0.4) is 0 Å². The molecule has 4 rings (SSSR count). The highest BCUT2D eigenvalue weighted by molar-refractivity contribution is 8.00. The molecular formula is C14H20N4O3S. The minimum atomic E-state index is -0.498. The second-order valence-corrected chi connectivity index (χ2v) is 7.35. The zero-order chi connectivity index (χ0) is 15.1. The summed E-state index contributed by atoms with van der Waals surface area (Å²) in [5.41, 5.74) is -0.901. The van der Waals surface area contributed by atoms with Crippen LogP contribution in [0.4, 0.5) is 0 Å². The van der Waals surface area contributed by atoms with E-state index in [-0.39, 0.29) is 6.04 Å². The Morgan fingerprint density at radius 3 is 2.73 bits per heavy atom. The molecule has 2 aliphatic heterocycles. The van der Waals surface area contributed by atoms with E-state index in [0.29, 0.717) is 25.1 Å². The van der Waals surface area contributed by atoms with Gasteiger partial charge in [-0.3, -0.25) is 19.1 Å². The molecule has 1 aliphatic carbocycles. The summed E-state index contributed by atoms with van der Waals surface area (Å²) in [5, 5.41) is 5.61. The number of nitrogens with zero attached hydrogens (tertiary/aromatic N) is 4. The zero-order valence-corrected chi connectivity index (χ0v) is 13.3. The van der Waals surface area contributed by atoms with E-state index in [9.17, 15) is 9.59 Å². The molecule has 1 saturated carbocycles. The van der Waals surface area contributed by atoms with Crippen molar-refractivity contribution < 1.29 is 4.74 Å². The maximum absolute atomic E-state index is 12.5. The molecule has 0 radical (unpaired) electrons. The van der Waals surface area contributed by atoms with Crippen molar-refractivity contribution in [2.24, 2.45) is 0 Å². The van der Waals surface area contributed by atoms with Gasteiger partial charge in [-0.25, -0.2) is 4.68 Å². The average Bonchev–Trinajstić information content (AvgIpc) is 2.91. The van der Waals surface area contributed by atoms with Crippen molar-refractivity contribution in [2.75, 3.05) is 26.3 Å². The summed E-state index contributed by atoms with van der Waals surface area (Å²) in [6.07, 6.45) is 4.42. The molecule has 0 bridgehead atoms. The van der Waals surface area contributed by atoms with Gasteiger partial charge in [-0.15, -0.1) is 5.10 Å². The van der Waals surface area contributed by atoms with E-state index in [1.54, 1.807) is 16.3 Å². The Hall–Kier alpha value is -1.12. The Kier molecular flexibility index (Phi) is 3.83. The van der Waals surface area contributed by atoms with Crippen LogP contribution in [0.5, 0.6) is 0 Å². The Morgan fingerprint density at radius 2 is 1.91 bits per heavy atom. The predicted octanol–water partition coefficient (Wildman–Crippen LogP) is 0.284. The molecule has 2 fully saturated rings. The van der Waals surface area contributed by atoms with Gasteiger partial charge in [-0.05, 0) is 12.8 Å². The van der Waals surface area contributed by atoms with Gasteiger partial charge in [-0.2, -0.15) is 0 Å². The monoisotopic (exact) mass is 324 g/mol. The number of hydrogen-bond acceptors (Lipinski definition) is 6. The van der Waals surface area contributed by atoms with E-state index in [0.717, 1.165) is 37.5 Å². The molecule has 1 aromatic heterocycles. The van der Waals surface area contributed by atoms with E-state index in [4.69, 9.17) is 4.74 Å². The maximum Gasteiger partial charge on any atom is 0.333 e. The minimum absolute atomic E-state index is 0.166. The van der Waals surface area contributed by atoms with E-state index in [2.05, 4.69) is 10.00 Å². The number of morpholine rings is 1. The molecule has 22 heavy (non-hydrogen) atoms. The van der Waals surface area contributed by atoms with Gasteiger partial charge in [0.1, 0.15) is 0 Å². The van der Waals surface area contributed by atoms with E-state index in [1.807, 2.05) is 0 Å². The molecule has 120 valence electrons. The van der Waals surface area contributed by atoms with Crippen molar-refractivity contribution in [3.8, 4) is 0 Å². The minimum Gasteiger partial charge on any atom is -0.379 e. The first kappa shape index (κ1) is 14.5. The summed E-state index contributed by atoms with van der Waals surface area (Å²) >= 11 is 1.67. The smallest absolute Gasteiger partial charge is 0.333 e. The maximum atomic E-state index is 12.5. The fourth-order valence-corrected chi connectivity index (χ4v) is 4.99. The third-order valence-electron chi connectivity index (χ3n) is 4.74. The van der Waals surface area contributed by atoms with Crippen molar-refractivity contribution in [1.29, 1.82) is 0 Å². The summed E-state index contributed by atoms with van der Waals surface area (Å²) in [7, 11) is 0. The highest BCUT2D eigenvalue weighted by Crippen LogP contribution is 2.44. The van der Waals surface area contributed by atoms with Gasteiger partial charge in [0, 0.05) is 18.3 Å². The van der Waals surface area contributed by atoms with E-state index in [1.165, 1.54) is 11.1 Å². The molecule has 2 atom stereocenters. The Balaban J connectivity index is 1.67. The number of aromatic nitrogens is 3. The van der Waals surface area contributed by atoms with Crippen molar-refractivity contribution >= 4 is 11.8 Å². The van der Waals surface area contributed by atoms with Crippen LogP contribution in [0, 0.1) is 0 Å². The van der Waals surface area contributed by atoms with Crippen LogP contribution >= 0.6 is 11.8 Å². The molecule has 0 N–H and O–H groups in total. The largest absolute Gasteiger partial charge is 0.379 e. The first-order chi connectivity index (χ1) is 10.7. The van der Waals surface area contributed by atoms with Gasteiger partial charge in [-0.1, -0.05) is 24.6 Å². The van der Waals surface area contributed by atoms with Crippen LogP contribution in [-0.2, 0) is 11.4 Å². The Labute approximate surface area is 132 Å². The molecule has 1 aromatic rings. The van der Waals surface area contributed by atoms with Crippen molar-refractivity contribution in [3.63, 3.8) is 0 Å². The number of rotatable bonds is 2. The number of fused-ring (bicyclic) bond motifs is 3. The quantitative estimate of drug-likeness (QED) is 0.728. The Bertz CT molecular complexity index is 680. The molecule has 0 amide bonds. The standard InChI is InChI=1S/C14H20N4O3S/c19-12-13(20)18-10-3-1-2-4-11(10)22-14(18)15-17(12)9-16-5-7-21-8-6-16/h10-11H,1-9H2. The van der Waals surface area contributed by atoms with Crippen LogP contribution in [0.1, 0.15) is 31.7 Å². The van der Waals surface area contributed by atoms with E-state index < -0.39 is 11.1 Å². The first-order valence-corrected chi connectivity index (χ1v) is 8.82. The number of ether oxygens (including phenoxy) is 1. The van der Waals surface area contributed by atoms with Gasteiger partial charge >= 0.3 is 11.1 Å². The fourth-order valence-electron chi connectivity index (χ4n) is 3.54. The van der Waals surface area contributed by atoms with Crippen LogP contribution in [-0.4, -0.2) is 50.8 Å². The second-order valence-electron chi connectivity index (χ2n) is 6.14. The lowest BCUT2D eigenvalue weighted by Crippen LogP contribution is -2.48. The molecule has 1 saturated heterocycles. The second kappa shape index (κ2) is 5.82. The lowest BCUT2D eigenvalue weighted by Gasteiger charge is -2.26. The summed E-state index contributed by atoms with van der Waals surface area (Å²) in [6, 6.07) is 0.166. The first-order valence-electron chi connectivity index (χ1n) is 7.94. The third-order valence-corrected chi connectivity index (χ3v) is 6.08. The molecule has 8 heteroatoms. The van der Waals surface area contributed by atoms with Crippen LogP contribution < -0.4 is 11.1 Å². The third kappa shape index (κ3) is 2.43. The molecular weight excluding hydrogens is 304 g/mol. The van der Waals surface area contributed by atoms with Crippen molar-refractivity contribution in [1.82, 2.24) is 19.2 Å². The average molecular weight is 324 g/mol. The van der Waals surface area contributed by atoms with Crippen molar-refractivity contribution in [2.45, 2.75) is 48.8 Å². The molecule has 2 unspecified atom stereocenters. The number of thioether (sulfide) groups is 1. The number of hydrogen-bond donors (Lipinski definition) is 0. The lowest BCUT2D eigenvalue weighted by atomic mass is 9.95. The predicted molar refractivity (Wildman–Crippen MR) is 82.3 cm³/mol. The summed E-state index contributed by atoms with van der Waals surface area (Å²) in [5.74, 6) is 0. The molecule has 0 aromatic carbocycles. The highest BCUT2D eigenvalue weighted by Gasteiger charge is 2.37. The summed E-state index contributed by atoms with van der Waals surface area (Å²) in [6.45, 7) is 3.24. The van der Waals surface area contributed by atoms with Gasteiger partial charge in [0.15, 0.2) is 5.16 Å². The normalized spacial score (nSPS) is 28.4. The fraction of sp³-hybridized carbons (Fsp3) is 0.786. The highest BCUT2D eigenvalue weighted by atomic mass is 32.2. The Morgan fingerprint density at radius 1 is 1.14 bits per heavy atom. The van der Waals surface area contributed by atoms with E-state index >= 15 is 0 Å². The van der Waals surface area contributed by atoms with Crippen LogP contribution in [0.25, 0.3) is 0 Å². The molecule has 3 heterocycles. The molecule has 7 nitrogen and oxygen atoms in total.